The van der Waals surface area contributed by atoms with Crippen LogP contribution in [0.2, 0.25) is 0 Å². The number of hydrogen-bond acceptors (Lipinski definition) is 0. The SMILES string of the molecule is C1CC2CC1C1CCC2C1. The minimum Gasteiger partial charge on any atom is -0.0499 e. The van der Waals surface area contributed by atoms with Gasteiger partial charge in [0, 0.05) is 0 Å². The molecule has 0 heteroatoms. The lowest BCUT2D eigenvalue weighted by molar-refractivity contribution is 0.243. The van der Waals surface area contributed by atoms with E-state index in [2.05, 4.69) is 0 Å². The minimum atomic E-state index is 1.18. The smallest absolute Gasteiger partial charge is 0.0383 e. The van der Waals surface area contributed by atoms with Crippen LogP contribution in [0.3, 0.4) is 0 Å². The normalized spacial score (nSPS) is 57.6. The van der Waals surface area contributed by atoms with Gasteiger partial charge >= 0.3 is 0 Å². The first-order valence-corrected chi connectivity index (χ1v) is 4.93. The largest absolute Gasteiger partial charge is 0.0499 e. The molecule has 0 amide bonds. The molecule has 0 radical (unpaired) electrons. The zero-order valence-electron chi connectivity index (χ0n) is 6.55. The second kappa shape index (κ2) is 1.78. The third-order valence-electron chi connectivity index (χ3n) is 4.36. The Bertz CT molecular complexity index is 116. The van der Waals surface area contributed by atoms with Gasteiger partial charge in [-0.05, 0) is 62.2 Å². The minimum absolute atomic E-state index is 1.18. The molecule has 4 unspecified atom stereocenters. The molecule has 3 rings (SSSR count). The quantitative estimate of drug-likeness (QED) is 0.480. The van der Waals surface area contributed by atoms with E-state index in [9.17, 15) is 0 Å². The maximum Gasteiger partial charge on any atom is -0.0383 e. The van der Waals surface area contributed by atoms with E-state index in [1.54, 1.807) is 38.5 Å². The molecule has 4 bridgehead atoms. The standard InChI is InChI=1S/C10H16/c1-2-8-5-7(1)9-3-4-10(8)6-9/h7-10H,1-6H2. The summed E-state index contributed by atoms with van der Waals surface area (Å²) in [6.45, 7) is 0. The molecule has 4 atom stereocenters. The maximum atomic E-state index is 1.62. The summed E-state index contributed by atoms with van der Waals surface area (Å²) in [6, 6.07) is 0. The van der Waals surface area contributed by atoms with E-state index in [0.717, 1.165) is 0 Å². The van der Waals surface area contributed by atoms with Crippen molar-refractivity contribution in [2.24, 2.45) is 23.7 Å². The van der Waals surface area contributed by atoms with E-state index < -0.39 is 0 Å². The van der Waals surface area contributed by atoms with E-state index in [1.807, 2.05) is 0 Å². The highest BCUT2D eigenvalue weighted by Gasteiger charge is 2.44. The Morgan fingerprint density at radius 1 is 0.500 bits per heavy atom. The van der Waals surface area contributed by atoms with Crippen molar-refractivity contribution in [1.29, 1.82) is 0 Å². The molecule has 0 aromatic carbocycles. The lowest BCUT2D eigenvalue weighted by atomic mass is 9.80. The molecule has 0 N–H and O–H groups in total. The van der Waals surface area contributed by atoms with Crippen LogP contribution in [0.5, 0.6) is 0 Å². The van der Waals surface area contributed by atoms with Crippen LogP contribution in [0.1, 0.15) is 38.5 Å². The summed E-state index contributed by atoms with van der Waals surface area (Å²) in [4.78, 5) is 0. The average Bonchev–Trinajstić information content (AvgIpc) is 2.41. The summed E-state index contributed by atoms with van der Waals surface area (Å²) < 4.78 is 0. The van der Waals surface area contributed by atoms with E-state index in [4.69, 9.17) is 0 Å². The molecule has 10 heavy (non-hydrogen) atoms. The molecular weight excluding hydrogens is 120 g/mol. The van der Waals surface area contributed by atoms with Crippen molar-refractivity contribution in [3.05, 3.63) is 0 Å². The maximum absolute atomic E-state index is 1.62. The van der Waals surface area contributed by atoms with Crippen LogP contribution < -0.4 is 0 Å². The van der Waals surface area contributed by atoms with Gasteiger partial charge in [0.25, 0.3) is 0 Å². The van der Waals surface area contributed by atoms with Gasteiger partial charge in [0.1, 0.15) is 0 Å². The molecule has 0 nitrogen and oxygen atoms in total. The zero-order valence-corrected chi connectivity index (χ0v) is 6.55. The van der Waals surface area contributed by atoms with Gasteiger partial charge in [0.2, 0.25) is 0 Å². The van der Waals surface area contributed by atoms with Gasteiger partial charge in [-0.15, -0.1) is 0 Å². The van der Waals surface area contributed by atoms with Crippen molar-refractivity contribution in [3.8, 4) is 0 Å². The fraction of sp³-hybridized carbons (Fsp3) is 1.00. The fourth-order valence-electron chi connectivity index (χ4n) is 3.82. The first kappa shape index (κ1) is 5.62. The molecule has 0 aromatic heterocycles. The number of hydrogen-bond donors (Lipinski definition) is 0. The summed E-state index contributed by atoms with van der Waals surface area (Å²) in [7, 11) is 0. The van der Waals surface area contributed by atoms with E-state index in [1.165, 1.54) is 23.7 Å². The molecule has 0 heterocycles. The first-order valence-electron chi connectivity index (χ1n) is 4.93. The molecule has 0 aliphatic heterocycles. The van der Waals surface area contributed by atoms with Gasteiger partial charge in [-0.2, -0.15) is 0 Å². The van der Waals surface area contributed by atoms with Gasteiger partial charge in [-0.25, -0.2) is 0 Å². The lowest BCUT2D eigenvalue weighted by Crippen LogP contribution is -2.17. The monoisotopic (exact) mass is 136 g/mol. The highest BCUT2D eigenvalue weighted by molar-refractivity contribution is 4.95. The highest BCUT2D eigenvalue weighted by Crippen LogP contribution is 2.55. The molecule has 3 aliphatic rings. The Morgan fingerprint density at radius 2 is 0.800 bits per heavy atom. The van der Waals surface area contributed by atoms with E-state index in [-0.39, 0.29) is 0 Å². The van der Waals surface area contributed by atoms with Gasteiger partial charge in [0.05, 0.1) is 0 Å². The topological polar surface area (TPSA) is 0 Å². The van der Waals surface area contributed by atoms with Crippen LogP contribution in [0.25, 0.3) is 0 Å². The van der Waals surface area contributed by atoms with Crippen LogP contribution in [0.15, 0.2) is 0 Å². The van der Waals surface area contributed by atoms with Gasteiger partial charge in [-0.3, -0.25) is 0 Å². The van der Waals surface area contributed by atoms with E-state index in [0.29, 0.717) is 0 Å². The summed E-state index contributed by atoms with van der Waals surface area (Å²) in [6.07, 6.45) is 9.60. The molecular formula is C10H16. The Morgan fingerprint density at radius 3 is 1.10 bits per heavy atom. The van der Waals surface area contributed by atoms with E-state index >= 15 is 0 Å². The molecule has 3 fully saturated rings. The van der Waals surface area contributed by atoms with Crippen molar-refractivity contribution in [3.63, 3.8) is 0 Å². The van der Waals surface area contributed by atoms with Crippen LogP contribution in [0, 0.1) is 23.7 Å². The molecule has 0 saturated heterocycles. The van der Waals surface area contributed by atoms with Crippen molar-refractivity contribution in [1.82, 2.24) is 0 Å². The van der Waals surface area contributed by atoms with Crippen molar-refractivity contribution < 1.29 is 0 Å². The molecule has 0 spiro atoms. The lowest BCUT2D eigenvalue weighted by Gasteiger charge is -2.25. The summed E-state index contributed by atoms with van der Waals surface area (Å²) >= 11 is 0. The summed E-state index contributed by atoms with van der Waals surface area (Å²) in [5, 5.41) is 0. The van der Waals surface area contributed by atoms with Crippen LogP contribution >= 0.6 is 0 Å². The third-order valence-corrected chi connectivity index (χ3v) is 4.36. The number of fused-ring (bicyclic) bond motifs is 6. The van der Waals surface area contributed by atoms with Gasteiger partial charge < -0.3 is 0 Å². The predicted octanol–water partition coefficient (Wildman–Crippen LogP) is 2.83. The first-order chi connectivity index (χ1) is 4.93. The van der Waals surface area contributed by atoms with Crippen molar-refractivity contribution in [2.45, 2.75) is 38.5 Å². The average molecular weight is 136 g/mol. The molecule has 3 aliphatic carbocycles. The Labute approximate surface area is 63.0 Å². The third kappa shape index (κ3) is 0.580. The summed E-state index contributed by atoms with van der Waals surface area (Å²) in [5.74, 6) is 4.74. The van der Waals surface area contributed by atoms with Crippen LogP contribution in [0.4, 0.5) is 0 Å². The highest BCUT2D eigenvalue weighted by atomic mass is 14.5. The molecule has 0 aromatic rings. The van der Waals surface area contributed by atoms with Crippen LogP contribution in [-0.2, 0) is 0 Å². The number of rotatable bonds is 0. The Hall–Kier alpha value is 0. The zero-order chi connectivity index (χ0) is 6.55. The van der Waals surface area contributed by atoms with Crippen molar-refractivity contribution in [2.75, 3.05) is 0 Å². The Kier molecular flexibility index (Phi) is 1.00. The summed E-state index contributed by atoms with van der Waals surface area (Å²) in [5.41, 5.74) is 0. The fourth-order valence-corrected chi connectivity index (χ4v) is 3.82. The Balaban J connectivity index is 1.94. The molecule has 3 saturated carbocycles. The predicted molar refractivity (Wildman–Crippen MR) is 41.7 cm³/mol. The van der Waals surface area contributed by atoms with Crippen molar-refractivity contribution >= 4 is 0 Å². The van der Waals surface area contributed by atoms with Gasteiger partial charge in [-0.1, -0.05) is 0 Å². The van der Waals surface area contributed by atoms with Gasteiger partial charge in [0.15, 0.2) is 0 Å². The molecule has 56 valence electrons. The second-order valence-electron chi connectivity index (χ2n) is 4.67. The second-order valence-corrected chi connectivity index (χ2v) is 4.67. The van der Waals surface area contributed by atoms with Crippen LogP contribution in [-0.4, -0.2) is 0 Å².